The lowest BCUT2D eigenvalue weighted by molar-refractivity contribution is -0.0497. The Morgan fingerprint density at radius 1 is 1.09 bits per heavy atom. The van der Waals surface area contributed by atoms with Crippen LogP contribution in [0.15, 0.2) is 66.9 Å². The van der Waals surface area contributed by atoms with E-state index in [9.17, 15) is 9.90 Å². The molecule has 1 N–H and O–H groups in total. The number of hydrogen-bond donors (Lipinski definition) is 1. The first-order valence-electron chi connectivity index (χ1n) is 13.3. The van der Waals surface area contributed by atoms with Crippen molar-refractivity contribution < 1.29 is 9.90 Å². The predicted molar refractivity (Wildman–Crippen MR) is 141 cm³/mol. The quantitative estimate of drug-likeness (QED) is 0.417. The second kappa shape index (κ2) is 9.70. The van der Waals surface area contributed by atoms with Crippen LogP contribution >= 0.6 is 0 Å². The first-order valence-corrected chi connectivity index (χ1v) is 13.3. The van der Waals surface area contributed by atoms with Crippen molar-refractivity contribution in [2.75, 3.05) is 0 Å². The third-order valence-electron chi connectivity index (χ3n) is 8.89. The molecule has 3 heteroatoms. The predicted octanol–water partition coefficient (Wildman–Crippen LogP) is 6.57. The molecule has 0 spiro atoms. The van der Waals surface area contributed by atoms with Crippen LogP contribution in [0.2, 0.25) is 0 Å². The highest BCUT2D eigenvalue weighted by molar-refractivity contribution is 5.97. The number of carbonyl (C=O) groups is 1. The smallest absolute Gasteiger partial charge is 0.167 e. The average Bonchev–Trinajstić information content (AvgIpc) is 3.02. The van der Waals surface area contributed by atoms with Gasteiger partial charge in [0.15, 0.2) is 5.78 Å². The van der Waals surface area contributed by atoms with Crippen LogP contribution in [0.4, 0.5) is 0 Å². The molecule has 0 unspecified atom stereocenters. The maximum Gasteiger partial charge on any atom is 0.167 e. The van der Waals surface area contributed by atoms with Gasteiger partial charge in [-0.2, -0.15) is 0 Å². The van der Waals surface area contributed by atoms with Crippen molar-refractivity contribution >= 4 is 5.78 Å². The monoisotopic (exact) mass is 467 g/mol. The average molecular weight is 468 g/mol. The molecule has 1 fully saturated rings. The highest BCUT2D eigenvalue weighted by atomic mass is 16.3. The number of benzene rings is 2. The number of nitrogens with zero attached hydrogens (tertiary/aromatic N) is 1. The van der Waals surface area contributed by atoms with Crippen LogP contribution in [0.3, 0.4) is 0 Å². The van der Waals surface area contributed by atoms with Gasteiger partial charge in [0.25, 0.3) is 0 Å². The highest BCUT2D eigenvalue weighted by Crippen LogP contribution is 2.54. The molecule has 0 saturated heterocycles. The SMILES string of the molecule is CC[C@@]1(O)CC[C@@]2(Cc3ccccc3)c3ccc(C(=O)Cc4cccnc4C)cc3CCC[C@H]2C1. The van der Waals surface area contributed by atoms with Gasteiger partial charge in [0.2, 0.25) is 0 Å². The molecular weight excluding hydrogens is 430 g/mol. The van der Waals surface area contributed by atoms with Crippen LogP contribution in [0.25, 0.3) is 0 Å². The van der Waals surface area contributed by atoms with Crippen molar-refractivity contribution in [3.8, 4) is 0 Å². The van der Waals surface area contributed by atoms with E-state index >= 15 is 0 Å². The lowest BCUT2D eigenvalue weighted by Gasteiger charge is -2.50. The van der Waals surface area contributed by atoms with Crippen LogP contribution in [-0.4, -0.2) is 21.5 Å². The summed E-state index contributed by atoms with van der Waals surface area (Å²) in [6, 6.07) is 21.2. The summed E-state index contributed by atoms with van der Waals surface area (Å²) < 4.78 is 0. The Balaban J connectivity index is 1.52. The number of ketones is 1. The second-order valence-corrected chi connectivity index (χ2v) is 10.9. The second-order valence-electron chi connectivity index (χ2n) is 10.9. The zero-order chi connectivity index (χ0) is 24.5. The number of aryl methyl sites for hydroxylation is 2. The molecule has 3 nitrogen and oxygen atoms in total. The molecule has 3 aromatic rings. The van der Waals surface area contributed by atoms with Crippen molar-refractivity contribution in [3.63, 3.8) is 0 Å². The summed E-state index contributed by atoms with van der Waals surface area (Å²) in [6.07, 6.45) is 9.91. The molecule has 2 aliphatic carbocycles. The standard InChI is InChI=1S/C32H37NO2/c1-3-31(35)16-17-32(21-24-9-5-4-6-10-24)28(22-31)13-7-11-26-19-27(14-15-29(26)32)30(34)20-25-12-8-18-33-23(25)2/h4-6,8-10,12,14-15,18-19,28,35H,3,7,11,13,16-17,20-22H2,1-2H3/t28-,31+,32-/m0/s1. The Morgan fingerprint density at radius 2 is 1.91 bits per heavy atom. The maximum atomic E-state index is 13.3. The molecule has 1 aromatic heterocycles. The van der Waals surface area contributed by atoms with Crippen LogP contribution in [0, 0.1) is 12.8 Å². The third-order valence-corrected chi connectivity index (χ3v) is 8.89. The summed E-state index contributed by atoms with van der Waals surface area (Å²) >= 11 is 0. The van der Waals surface area contributed by atoms with Crippen molar-refractivity contribution in [1.29, 1.82) is 0 Å². The van der Waals surface area contributed by atoms with E-state index in [1.54, 1.807) is 6.20 Å². The fourth-order valence-electron chi connectivity index (χ4n) is 6.74. The van der Waals surface area contributed by atoms with Gasteiger partial charge in [-0.3, -0.25) is 9.78 Å². The lowest BCUT2D eigenvalue weighted by Crippen LogP contribution is -2.48. The molecule has 1 heterocycles. The summed E-state index contributed by atoms with van der Waals surface area (Å²) in [5.41, 5.74) is 6.30. The highest BCUT2D eigenvalue weighted by Gasteiger charge is 2.50. The molecular formula is C32H37NO2. The molecule has 1 saturated carbocycles. The minimum Gasteiger partial charge on any atom is -0.390 e. The Morgan fingerprint density at radius 3 is 2.69 bits per heavy atom. The van der Waals surface area contributed by atoms with Gasteiger partial charge in [0.05, 0.1) is 5.60 Å². The summed E-state index contributed by atoms with van der Waals surface area (Å²) in [7, 11) is 0. The van der Waals surface area contributed by atoms with Crippen LogP contribution in [0.1, 0.15) is 83.8 Å². The molecule has 0 amide bonds. The Labute approximate surface area is 209 Å². The molecule has 2 aliphatic rings. The van der Waals surface area contributed by atoms with E-state index in [-0.39, 0.29) is 11.2 Å². The van der Waals surface area contributed by atoms with Crippen LogP contribution in [-0.2, 0) is 24.7 Å². The van der Waals surface area contributed by atoms with Crippen molar-refractivity contribution in [1.82, 2.24) is 4.98 Å². The van der Waals surface area contributed by atoms with Gasteiger partial charge in [-0.05, 0) is 98.6 Å². The van der Waals surface area contributed by atoms with E-state index in [1.807, 2.05) is 19.1 Å². The van der Waals surface area contributed by atoms with Gasteiger partial charge in [0.1, 0.15) is 0 Å². The first kappa shape index (κ1) is 23.9. The number of aromatic nitrogens is 1. The third kappa shape index (κ3) is 4.71. The fourth-order valence-corrected chi connectivity index (χ4v) is 6.74. The Bertz CT molecular complexity index is 1200. The van der Waals surface area contributed by atoms with Gasteiger partial charge in [-0.1, -0.05) is 55.5 Å². The fraction of sp³-hybridized carbons (Fsp3) is 0.438. The van der Waals surface area contributed by atoms with Gasteiger partial charge >= 0.3 is 0 Å². The number of fused-ring (bicyclic) bond motifs is 3. The lowest BCUT2D eigenvalue weighted by atomic mass is 9.55. The number of aliphatic hydroxyl groups is 1. The molecule has 3 atom stereocenters. The summed E-state index contributed by atoms with van der Waals surface area (Å²) in [4.78, 5) is 17.6. The van der Waals surface area contributed by atoms with Crippen molar-refractivity contribution in [2.24, 2.45) is 5.92 Å². The van der Waals surface area contributed by atoms with Gasteiger partial charge < -0.3 is 5.11 Å². The summed E-state index contributed by atoms with van der Waals surface area (Å²) in [5.74, 6) is 0.605. The largest absolute Gasteiger partial charge is 0.390 e. The van der Waals surface area contributed by atoms with Gasteiger partial charge in [0, 0.05) is 29.3 Å². The van der Waals surface area contributed by atoms with E-state index in [4.69, 9.17) is 0 Å². The van der Waals surface area contributed by atoms with Crippen LogP contribution in [0.5, 0.6) is 0 Å². The minimum atomic E-state index is -0.549. The normalized spacial score (nSPS) is 25.9. The topological polar surface area (TPSA) is 50.2 Å². The van der Waals surface area contributed by atoms with Crippen LogP contribution < -0.4 is 0 Å². The molecule has 35 heavy (non-hydrogen) atoms. The number of carbonyl (C=O) groups excluding carboxylic acids is 1. The Hall–Kier alpha value is -2.78. The summed E-state index contributed by atoms with van der Waals surface area (Å²) in [6.45, 7) is 4.09. The molecule has 0 bridgehead atoms. The van der Waals surface area contributed by atoms with E-state index < -0.39 is 5.60 Å². The van der Waals surface area contributed by atoms with E-state index in [0.29, 0.717) is 12.3 Å². The van der Waals surface area contributed by atoms with Crippen molar-refractivity contribution in [2.45, 2.75) is 82.7 Å². The van der Waals surface area contributed by atoms with Gasteiger partial charge in [-0.25, -0.2) is 0 Å². The zero-order valence-corrected chi connectivity index (χ0v) is 21.1. The van der Waals surface area contributed by atoms with E-state index in [0.717, 1.165) is 68.2 Å². The van der Waals surface area contributed by atoms with E-state index in [2.05, 4.69) is 60.4 Å². The molecule has 2 aromatic carbocycles. The van der Waals surface area contributed by atoms with E-state index in [1.165, 1.54) is 16.7 Å². The maximum absolute atomic E-state index is 13.3. The minimum absolute atomic E-state index is 0.0100. The first-order chi connectivity index (χ1) is 16.9. The zero-order valence-electron chi connectivity index (χ0n) is 21.1. The summed E-state index contributed by atoms with van der Waals surface area (Å²) in [5, 5.41) is 11.3. The Kier molecular flexibility index (Phi) is 6.63. The van der Waals surface area contributed by atoms with Gasteiger partial charge in [-0.15, -0.1) is 0 Å². The molecule has 5 rings (SSSR count). The number of rotatable bonds is 6. The van der Waals surface area contributed by atoms with Crippen molar-refractivity contribution in [3.05, 3.63) is 100 Å². The molecule has 0 aliphatic heterocycles. The molecule has 182 valence electrons. The number of Topliss-reactive ketones (excluding diaryl/α,β-unsaturated/α-hetero) is 1. The molecule has 0 radical (unpaired) electrons. The number of pyridine rings is 1. The number of hydrogen-bond acceptors (Lipinski definition) is 3.